The van der Waals surface area contributed by atoms with Crippen molar-refractivity contribution in [1.29, 1.82) is 0 Å². The van der Waals surface area contributed by atoms with Gasteiger partial charge in [0.2, 0.25) is 5.91 Å². The lowest BCUT2D eigenvalue weighted by Crippen LogP contribution is -2.14. The number of hydrogen-bond acceptors (Lipinski definition) is 7. The molecular formula is C30H20FN9O. The summed E-state index contributed by atoms with van der Waals surface area (Å²) in [5.41, 5.74) is 5.47. The Balaban J connectivity index is 1.24. The van der Waals surface area contributed by atoms with Gasteiger partial charge in [-0.1, -0.05) is 30.3 Å². The molecule has 0 bridgehead atoms. The van der Waals surface area contributed by atoms with Crippen LogP contribution in [0.1, 0.15) is 5.56 Å². The number of rotatable bonds is 6. The molecule has 0 saturated heterocycles. The van der Waals surface area contributed by atoms with Gasteiger partial charge in [-0.2, -0.15) is 5.10 Å². The summed E-state index contributed by atoms with van der Waals surface area (Å²) in [6.45, 7) is 0. The van der Waals surface area contributed by atoms with Crippen LogP contribution in [0, 0.1) is 5.82 Å². The van der Waals surface area contributed by atoms with Crippen LogP contribution in [0.15, 0.2) is 91.8 Å². The van der Waals surface area contributed by atoms with Crippen molar-refractivity contribution in [2.75, 3.05) is 5.32 Å². The SMILES string of the molecule is O=C(Cc1ccccc1)Nc1cncc(-c2cnc3[nH]nc(-c4nc5c(-c6ccncc6)ccnc5[nH]4)c3c2F)c1. The number of benzene rings is 1. The summed E-state index contributed by atoms with van der Waals surface area (Å²) in [5.74, 6) is -0.403. The summed E-state index contributed by atoms with van der Waals surface area (Å²) in [4.78, 5) is 37.6. The second-order valence-corrected chi connectivity index (χ2v) is 9.33. The third kappa shape index (κ3) is 4.55. The van der Waals surface area contributed by atoms with Gasteiger partial charge in [0, 0.05) is 47.7 Å². The molecule has 7 rings (SSSR count). The van der Waals surface area contributed by atoms with E-state index in [0.717, 1.165) is 16.7 Å². The van der Waals surface area contributed by atoms with Crippen LogP contribution in [0.25, 0.3) is 56.0 Å². The van der Waals surface area contributed by atoms with E-state index in [1.807, 2.05) is 48.5 Å². The summed E-state index contributed by atoms with van der Waals surface area (Å²) in [7, 11) is 0. The van der Waals surface area contributed by atoms with Crippen molar-refractivity contribution in [3.63, 3.8) is 0 Å². The molecule has 0 atom stereocenters. The second-order valence-electron chi connectivity index (χ2n) is 9.33. The van der Waals surface area contributed by atoms with Crippen molar-refractivity contribution in [1.82, 2.24) is 40.1 Å². The van der Waals surface area contributed by atoms with Gasteiger partial charge < -0.3 is 10.3 Å². The zero-order valence-corrected chi connectivity index (χ0v) is 21.3. The van der Waals surface area contributed by atoms with E-state index in [1.165, 1.54) is 18.6 Å². The number of carbonyl (C=O) groups is 1. The number of fused-ring (bicyclic) bond motifs is 2. The Kier molecular flexibility index (Phi) is 5.93. The van der Waals surface area contributed by atoms with Crippen LogP contribution in [0.2, 0.25) is 0 Å². The standard InChI is InChI=1S/C30H20FN9O/c31-25-22(19-13-20(15-33-14-19)36-23(41)12-17-4-2-1-3-5-17)16-35-28-24(25)27(39-40-28)30-37-26-21(8-11-34-29(26)38-30)18-6-9-32-10-7-18/h1-11,13-16H,12H2,(H,36,41)(H,34,37,38)(H,35,39,40). The zero-order valence-electron chi connectivity index (χ0n) is 21.3. The van der Waals surface area contributed by atoms with Crippen LogP contribution < -0.4 is 5.32 Å². The molecule has 10 nitrogen and oxygen atoms in total. The van der Waals surface area contributed by atoms with E-state index in [0.29, 0.717) is 28.2 Å². The van der Waals surface area contributed by atoms with Crippen molar-refractivity contribution in [3.8, 4) is 33.8 Å². The maximum atomic E-state index is 16.1. The maximum absolute atomic E-state index is 16.1. The lowest BCUT2D eigenvalue weighted by Gasteiger charge is -2.08. The molecule has 3 N–H and O–H groups in total. The van der Waals surface area contributed by atoms with E-state index < -0.39 is 5.82 Å². The predicted molar refractivity (Wildman–Crippen MR) is 152 cm³/mol. The summed E-state index contributed by atoms with van der Waals surface area (Å²) in [5, 5.41) is 10.1. The first-order chi connectivity index (χ1) is 20.1. The van der Waals surface area contributed by atoms with E-state index in [-0.39, 0.29) is 34.6 Å². The quantitative estimate of drug-likeness (QED) is 0.258. The number of nitrogens with one attached hydrogen (secondary N) is 3. The van der Waals surface area contributed by atoms with E-state index in [2.05, 4.69) is 40.4 Å². The number of aromatic nitrogens is 8. The average Bonchev–Trinajstić information content (AvgIpc) is 3.63. The first-order valence-electron chi connectivity index (χ1n) is 12.7. The number of anilines is 1. The lowest BCUT2D eigenvalue weighted by atomic mass is 10.1. The molecular weight excluding hydrogens is 521 g/mol. The molecule has 0 fully saturated rings. The number of imidazole rings is 1. The van der Waals surface area contributed by atoms with Crippen LogP contribution in [-0.2, 0) is 11.2 Å². The summed E-state index contributed by atoms with van der Waals surface area (Å²) in [6, 6.07) is 16.7. The molecule has 0 spiro atoms. The Labute approximate surface area is 231 Å². The molecule has 7 aromatic rings. The molecule has 6 heterocycles. The monoisotopic (exact) mass is 541 g/mol. The normalized spacial score (nSPS) is 11.2. The highest BCUT2D eigenvalue weighted by molar-refractivity contribution is 5.97. The smallest absolute Gasteiger partial charge is 0.228 e. The third-order valence-electron chi connectivity index (χ3n) is 6.67. The molecule has 11 heteroatoms. The maximum Gasteiger partial charge on any atom is 0.228 e. The van der Waals surface area contributed by atoms with Gasteiger partial charge in [-0.15, -0.1) is 0 Å². The van der Waals surface area contributed by atoms with Crippen molar-refractivity contribution in [2.24, 2.45) is 0 Å². The summed E-state index contributed by atoms with van der Waals surface area (Å²) in [6.07, 6.45) is 9.75. The van der Waals surface area contributed by atoms with Crippen molar-refractivity contribution in [2.45, 2.75) is 6.42 Å². The summed E-state index contributed by atoms with van der Waals surface area (Å²) >= 11 is 0. The number of nitrogens with zero attached hydrogens (tertiary/aromatic N) is 6. The van der Waals surface area contributed by atoms with Crippen LogP contribution in [0.5, 0.6) is 0 Å². The van der Waals surface area contributed by atoms with Gasteiger partial charge in [-0.25, -0.2) is 19.3 Å². The highest BCUT2D eigenvalue weighted by Crippen LogP contribution is 2.34. The van der Waals surface area contributed by atoms with Gasteiger partial charge in [0.15, 0.2) is 17.1 Å². The van der Waals surface area contributed by atoms with Gasteiger partial charge in [-0.3, -0.25) is 19.9 Å². The number of halogens is 1. The number of H-pyrrole nitrogens is 2. The van der Waals surface area contributed by atoms with Gasteiger partial charge in [0.05, 0.1) is 23.7 Å². The Hall–Kier alpha value is -5.84. The number of hydrogen-bond donors (Lipinski definition) is 3. The molecule has 0 aliphatic heterocycles. The molecule has 0 unspecified atom stereocenters. The minimum absolute atomic E-state index is 0.172. The minimum Gasteiger partial charge on any atom is -0.324 e. The van der Waals surface area contributed by atoms with Crippen LogP contribution in [0.3, 0.4) is 0 Å². The van der Waals surface area contributed by atoms with E-state index in [1.54, 1.807) is 24.7 Å². The molecule has 0 aliphatic carbocycles. The molecule has 41 heavy (non-hydrogen) atoms. The molecule has 0 radical (unpaired) electrons. The third-order valence-corrected chi connectivity index (χ3v) is 6.67. The molecule has 198 valence electrons. The highest BCUT2D eigenvalue weighted by Gasteiger charge is 2.22. The van der Waals surface area contributed by atoms with Crippen LogP contribution in [-0.4, -0.2) is 46.0 Å². The zero-order chi connectivity index (χ0) is 27.8. The lowest BCUT2D eigenvalue weighted by molar-refractivity contribution is -0.115. The molecule has 6 aromatic heterocycles. The molecule has 1 aromatic carbocycles. The Morgan fingerprint density at radius 3 is 2.56 bits per heavy atom. The fourth-order valence-corrected chi connectivity index (χ4v) is 4.76. The van der Waals surface area contributed by atoms with Crippen LogP contribution >= 0.6 is 0 Å². The fourth-order valence-electron chi connectivity index (χ4n) is 4.76. The van der Waals surface area contributed by atoms with Crippen LogP contribution in [0.4, 0.5) is 10.1 Å². The van der Waals surface area contributed by atoms with Gasteiger partial charge in [-0.05, 0) is 35.4 Å². The fraction of sp³-hybridized carbons (Fsp3) is 0.0333. The first kappa shape index (κ1) is 24.2. The van der Waals surface area contributed by atoms with Gasteiger partial charge >= 0.3 is 0 Å². The van der Waals surface area contributed by atoms with Crippen molar-refractivity contribution in [3.05, 3.63) is 103 Å². The first-order valence-corrected chi connectivity index (χ1v) is 12.7. The van der Waals surface area contributed by atoms with E-state index >= 15 is 4.39 Å². The van der Waals surface area contributed by atoms with Crippen molar-refractivity contribution >= 4 is 33.8 Å². The Bertz CT molecular complexity index is 2040. The number of carbonyl (C=O) groups excluding carboxylic acids is 1. The van der Waals surface area contributed by atoms with Crippen molar-refractivity contribution < 1.29 is 9.18 Å². The molecule has 1 amide bonds. The summed E-state index contributed by atoms with van der Waals surface area (Å²) < 4.78 is 16.1. The Morgan fingerprint density at radius 2 is 1.71 bits per heavy atom. The number of pyridine rings is 4. The molecule has 0 aliphatic rings. The predicted octanol–water partition coefficient (Wildman–Crippen LogP) is 5.34. The van der Waals surface area contributed by atoms with Gasteiger partial charge in [0.1, 0.15) is 17.0 Å². The van der Waals surface area contributed by atoms with E-state index in [4.69, 9.17) is 4.98 Å². The Morgan fingerprint density at radius 1 is 0.854 bits per heavy atom. The van der Waals surface area contributed by atoms with E-state index in [9.17, 15) is 4.79 Å². The minimum atomic E-state index is -0.545. The second kappa shape index (κ2) is 10.0. The topological polar surface area (TPSA) is 138 Å². The largest absolute Gasteiger partial charge is 0.324 e. The average molecular weight is 542 g/mol. The molecule has 0 saturated carbocycles. The number of amides is 1. The van der Waals surface area contributed by atoms with Gasteiger partial charge in [0.25, 0.3) is 0 Å². The number of aromatic amines is 2. The highest BCUT2D eigenvalue weighted by atomic mass is 19.1.